The van der Waals surface area contributed by atoms with Gasteiger partial charge in [-0.15, -0.1) is 0 Å². The van der Waals surface area contributed by atoms with Crippen molar-refractivity contribution >= 4 is 5.91 Å². The SMILES string of the molecule is O=C(NC1CCC(c2ccccc2)CC1)c1ccccc1OC(F)F. The van der Waals surface area contributed by atoms with Crippen LogP contribution in [-0.4, -0.2) is 18.6 Å². The summed E-state index contributed by atoms with van der Waals surface area (Å²) in [6.07, 6.45) is 3.76. The van der Waals surface area contributed by atoms with Crippen molar-refractivity contribution in [3.63, 3.8) is 0 Å². The summed E-state index contributed by atoms with van der Waals surface area (Å²) in [6, 6.07) is 16.5. The van der Waals surface area contributed by atoms with E-state index < -0.39 is 6.61 Å². The first-order chi connectivity index (χ1) is 12.1. The van der Waals surface area contributed by atoms with Crippen molar-refractivity contribution in [3.8, 4) is 5.75 Å². The maximum Gasteiger partial charge on any atom is 0.387 e. The van der Waals surface area contributed by atoms with Crippen molar-refractivity contribution in [2.24, 2.45) is 0 Å². The number of alkyl halides is 2. The number of rotatable bonds is 5. The molecule has 1 saturated carbocycles. The molecule has 3 nitrogen and oxygen atoms in total. The third kappa shape index (κ3) is 4.56. The van der Waals surface area contributed by atoms with Crippen LogP contribution in [0.25, 0.3) is 0 Å². The van der Waals surface area contributed by atoms with Crippen molar-refractivity contribution in [1.82, 2.24) is 5.32 Å². The first-order valence-electron chi connectivity index (χ1n) is 8.53. The highest BCUT2D eigenvalue weighted by Crippen LogP contribution is 2.33. The second kappa shape index (κ2) is 8.10. The van der Waals surface area contributed by atoms with Crippen LogP contribution in [0.2, 0.25) is 0 Å². The Balaban J connectivity index is 1.58. The monoisotopic (exact) mass is 345 g/mol. The molecular formula is C20H21F2NO2. The number of ether oxygens (including phenoxy) is 1. The van der Waals surface area contributed by atoms with E-state index >= 15 is 0 Å². The molecule has 1 aliphatic rings. The number of carbonyl (C=O) groups is 1. The highest BCUT2D eigenvalue weighted by atomic mass is 19.3. The van der Waals surface area contributed by atoms with E-state index in [9.17, 15) is 13.6 Å². The fourth-order valence-corrected chi connectivity index (χ4v) is 3.41. The van der Waals surface area contributed by atoms with E-state index in [1.807, 2.05) is 18.2 Å². The molecule has 2 aromatic carbocycles. The van der Waals surface area contributed by atoms with E-state index in [1.54, 1.807) is 12.1 Å². The van der Waals surface area contributed by atoms with Gasteiger partial charge in [0.2, 0.25) is 0 Å². The molecular weight excluding hydrogens is 324 g/mol. The van der Waals surface area contributed by atoms with Crippen LogP contribution >= 0.6 is 0 Å². The molecule has 0 radical (unpaired) electrons. The van der Waals surface area contributed by atoms with Gasteiger partial charge in [0.1, 0.15) is 5.75 Å². The smallest absolute Gasteiger partial charge is 0.387 e. The first kappa shape index (κ1) is 17.4. The third-order valence-electron chi connectivity index (χ3n) is 4.68. The zero-order valence-corrected chi connectivity index (χ0v) is 13.8. The average Bonchev–Trinajstić information content (AvgIpc) is 2.63. The normalized spacial score (nSPS) is 20.3. The molecule has 0 aliphatic heterocycles. The van der Waals surface area contributed by atoms with Crippen molar-refractivity contribution in [3.05, 3.63) is 65.7 Å². The topological polar surface area (TPSA) is 38.3 Å². The predicted molar refractivity (Wildman–Crippen MR) is 92.0 cm³/mol. The molecule has 0 bridgehead atoms. The van der Waals surface area contributed by atoms with E-state index in [0.29, 0.717) is 5.92 Å². The minimum Gasteiger partial charge on any atom is -0.434 e. The van der Waals surface area contributed by atoms with Crippen LogP contribution in [0.5, 0.6) is 5.75 Å². The number of hydrogen-bond acceptors (Lipinski definition) is 2. The van der Waals surface area contributed by atoms with Crippen LogP contribution in [-0.2, 0) is 0 Å². The lowest BCUT2D eigenvalue weighted by atomic mass is 9.82. The standard InChI is InChI=1S/C20H21F2NO2/c21-20(22)25-18-9-5-4-8-17(18)19(24)23-16-12-10-15(11-13-16)14-6-2-1-3-7-14/h1-9,15-16,20H,10-13H2,(H,23,24). The number of carbonyl (C=O) groups excluding carboxylic acids is 1. The van der Waals surface area contributed by atoms with Gasteiger partial charge in [-0.2, -0.15) is 8.78 Å². The Bertz CT molecular complexity index is 698. The number of nitrogens with one attached hydrogen (secondary N) is 1. The fraction of sp³-hybridized carbons (Fsp3) is 0.350. The molecule has 1 aliphatic carbocycles. The van der Waals surface area contributed by atoms with Gasteiger partial charge in [-0.1, -0.05) is 42.5 Å². The van der Waals surface area contributed by atoms with Crippen LogP contribution < -0.4 is 10.1 Å². The maximum absolute atomic E-state index is 12.5. The Hall–Kier alpha value is -2.43. The van der Waals surface area contributed by atoms with Crippen LogP contribution in [0.15, 0.2) is 54.6 Å². The molecule has 1 N–H and O–H groups in total. The first-order valence-corrected chi connectivity index (χ1v) is 8.53. The largest absolute Gasteiger partial charge is 0.434 e. The highest BCUT2D eigenvalue weighted by Gasteiger charge is 2.24. The second-order valence-corrected chi connectivity index (χ2v) is 6.31. The van der Waals surface area contributed by atoms with Crippen molar-refractivity contribution in [1.29, 1.82) is 0 Å². The number of halogens is 2. The zero-order chi connectivity index (χ0) is 17.6. The van der Waals surface area contributed by atoms with Gasteiger partial charge in [-0.05, 0) is 49.3 Å². The molecule has 25 heavy (non-hydrogen) atoms. The van der Waals surface area contributed by atoms with Crippen LogP contribution in [0.1, 0.15) is 47.5 Å². The van der Waals surface area contributed by atoms with Crippen LogP contribution in [0.4, 0.5) is 8.78 Å². The van der Waals surface area contributed by atoms with Crippen LogP contribution in [0.3, 0.4) is 0 Å². The van der Waals surface area contributed by atoms with E-state index in [4.69, 9.17) is 0 Å². The Morgan fingerprint density at radius 1 is 0.960 bits per heavy atom. The van der Waals surface area contributed by atoms with E-state index in [1.165, 1.54) is 17.7 Å². The maximum atomic E-state index is 12.5. The zero-order valence-electron chi connectivity index (χ0n) is 13.8. The molecule has 0 aromatic heterocycles. The van der Waals surface area contributed by atoms with Gasteiger partial charge in [0.25, 0.3) is 5.91 Å². The lowest BCUT2D eigenvalue weighted by Gasteiger charge is -2.29. The Morgan fingerprint density at radius 2 is 1.60 bits per heavy atom. The molecule has 0 saturated heterocycles. The van der Waals surface area contributed by atoms with Gasteiger partial charge in [-0.25, -0.2) is 0 Å². The third-order valence-corrected chi connectivity index (χ3v) is 4.68. The fourth-order valence-electron chi connectivity index (χ4n) is 3.41. The molecule has 3 rings (SSSR count). The van der Waals surface area contributed by atoms with Crippen molar-refractivity contribution in [2.45, 2.75) is 44.3 Å². The van der Waals surface area contributed by atoms with E-state index in [0.717, 1.165) is 25.7 Å². The number of amides is 1. The summed E-state index contributed by atoms with van der Waals surface area (Å²) in [5, 5.41) is 2.96. The van der Waals surface area contributed by atoms with Gasteiger partial charge in [0.05, 0.1) is 5.56 Å². The minimum atomic E-state index is -2.95. The van der Waals surface area contributed by atoms with Gasteiger partial charge in [0, 0.05) is 6.04 Å². The van der Waals surface area contributed by atoms with Gasteiger partial charge in [-0.3, -0.25) is 4.79 Å². The average molecular weight is 345 g/mol. The lowest BCUT2D eigenvalue weighted by Crippen LogP contribution is -2.37. The summed E-state index contributed by atoms with van der Waals surface area (Å²) >= 11 is 0. The molecule has 2 aromatic rings. The molecule has 0 heterocycles. The summed E-state index contributed by atoms with van der Waals surface area (Å²) < 4.78 is 29.4. The minimum absolute atomic E-state index is 0.0621. The molecule has 1 amide bonds. The highest BCUT2D eigenvalue weighted by molar-refractivity contribution is 5.97. The summed E-state index contributed by atoms with van der Waals surface area (Å²) in [5.41, 5.74) is 1.48. The quantitative estimate of drug-likeness (QED) is 0.850. The predicted octanol–water partition coefficient (Wildman–Crippen LogP) is 4.74. The summed E-state index contributed by atoms with van der Waals surface area (Å²) in [4.78, 5) is 12.4. The van der Waals surface area contributed by atoms with Gasteiger partial charge in [0.15, 0.2) is 0 Å². The second-order valence-electron chi connectivity index (χ2n) is 6.31. The number of benzene rings is 2. The molecule has 5 heteroatoms. The Morgan fingerprint density at radius 3 is 2.28 bits per heavy atom. The molecule has 0 unspecified atom stereocenters. The van der Waals surface area contributed by atoms with Crippen LogP contribution in [0, 0.1) is 0 Å². The summed E-state index contributed by atoms with van der Waals surface area (Å²) in [6.45, 7) is -2.95. The van der Waals surface area contributed by atoms with Crippen molar-refractivity contribution < 1.29 is 18.3 Å². The molecule has 0 spiro atoms. The van der Waals surface area contributed by atoms with E-state index in [2.05, 4.69) is 22.2 Å². The molecule has 0 atom stereocenters. The van der Waals surface area contributed by atoms with Gasteiger partial charge < -0.3 is 10.1 Å². The summed E-state index contributed by atoms with van der Waals surface area (Å²) in [5.74, 6) is 0.0659. The number of para-hydroxylation sites is 1. The Kier molecular flexibility index (Phi) is 5.64. The number of hydrogen-bond donors (Lipinski definition) is 1. The molecule has 132 valence electrons. The van der Waals surface area contributed by atoms with Crippen molar-refractivity contribution in [2.75, 3.05) is 0 Å². The van der Waals surface area contributed by atoms with E-state index in [-0.39, 0.29) is 23.3 Å². The summed E-state index contributed by atoms with van der Waals surface area (Å²) in [7, 11) is 0. The Labute approximate surface area is 146 Å². The lowest BCUT2D eigenvalue weighted by molar-refractivity contribution is -0.0501. The molecule has 1 fully saturated rings. The van der Waals surface area contributed by atoms with Gasteiger partial charge >= 0.3 is 6.61 Å².